The third-order valence-electron chi connectivity index (χ3n) is 3.74. The molecule has 2 rings (SSSR count). The minimum Gasteiger partial charge on any atom is -0.398 e. The second kappa shape index (κ2) is 6.71. The average molecular weight is 352 g/mol. The van der Waals surface area contributed by atoms with E-state index in [4.69, 9.17) is 28.9 Å². The number of anilines is 1. The van der Waals surface area contributed by atoms with Gasteiger partial charge in [0.15, 0.2) is 0 Å². The van der Waals surface area contributed by atoms with Crippen LogP contribution in [0.3, 0.4) is 0 Å². The number of rotatable bonds is 4. The molecule has 3 N–H and O–H groups in total. The number of piperidine rings is 1. The first-order valence-electron chi connectivity index (χ1n) is 6.75. The Morgan fingerprint density at radius 1 is 1.38 bits per heavy atom. The highest BCUT2D eigenvalue weighted by atomic mass is 35.5. The van der Waals surface area contributed by atoms with Crippen LogP contribution in [0.5, 0.6) is 0 Å². The van der Waals surface area contributed by atoms with E-state index in [0.29, 0.717) is 11.6 Å². The number of nitrogens with zero attached hydrogens (tertiary/aromatic N) is 1. The minimum absolute atomic E-state index is 0.0319. The van der Waals surface area contributed by atoms with E-state index in [1.165, 1.54) is 12.1 Å². The molecule has 0 radical (unpaired) electrons. The number of likely N-dealkylation sites (tertiary alicyclic amines) is 1. The summed E-state index contributed by atoms with van der Waals surface area (Å²) in [6, 6.07) is 2.95. The first-order chi connectivity index (χ1) is 9.81. The molecule has 0 saturated carbocycles. The van der Waals surface area contributed by atoms with Crippen molar-refractivity contribution >= 4 is 38.9 Å². The zero-order valence-corrected chi connectivity index (χ0v) is 14.1. The van der Waals surface area contributed by atoms with Gasteiger partial charge in [0, 0.05) is 17.6 Å². The Labute approximate surface area is 135 Å². The molecule has 1 atom stereocenters. The lowest BCUT2D eigenvalue weighted by Crippen LogP contribution is -2.44. The number of nitrogen functional groups attached to an aromatic ring is 1. The van der Waals surface area contributed by atoms with Crippen molar-refractivity contribution in [2.75, 3.05) is 25.9 Å². The summed E-state index contributed by atoms with van der Waals surface area (Å²) in [6.45, 7) is 1.33. The van der Waals surface area contributed by atoms with Crippen LogP contribution in [0.15, 0.2) is 17.0 Å². The molecule has 1 aromatic rings. The molecule has 1 fully saturated rings. The van der Waals surface area contributed by atoms with Crippen LogP contribution in [0, 0.1) is 0 Å². The minimum atomic E-state index is -3.75. The van der Waals surface area contributed by atoms with Crippen molar-refractivity contribution in [3.63, 3.8) is 0 Å². The maximum absolute atomic E-state index is 12.4. The van der Waals surface area contributed by atoms with Crippen molar-refractivity contribution in [1.82, 2.24) is 9.62 Å². The topological polar surface area (TPSA) is 75.4 Å². The predicted molar refractivity (Wildman–Crippen MR) is 86.3 cm³/mol. The number of likely N-dealkylation sites (N-methyl/N-ethyl adjacent to an activating group) is 1. The highest BCUT2D eigenvalue weighted by Gasteiger charge is 2.25. The SMILES string of the molecule is CN1CCCCC1CNS(=O)(=O)c1c(N)cc(Cl)cc1Cl. The Balaban J connectivity index is 2.15. The maximum Gasteiger partial charge on any atom is 0.244 e. The largest absolute Gasteiger partial charge is 0.398 e. The van der Waals surface area contributed by atoms with Crippen LogP contribution in [-0.4, -0.2) is 39.5 Å². The molecule has 1 aliphatic rings. The van der Waals surface area contributed by atoms with Crippen molar-refractivity contribution in [1.29, 1.82) is 0 Å². The van der Waals surface area contributed by atoms with Crippen LogP contribution in [0.4, 0.5) is 5.69 Å². The van der Waals surface area contributed by atoms with Gasteiger partial charge >= 0.3 is 0 Å². The Bertz CT molecular complexity index is 599. The summed E-state index contributed by atoms with van der Waals surface area (Å²) in [7, 11) is -1.75. The zero-order chi connectivity index (χ0) is 15.6. The molecule has 21 heavy (non-hydrogen) atoms. The second-order valence-corrected chi connectivity index (χ2v) is 7.84. The third kappa shape index (κ3) is 4.02. The first-order valence-corrected chi connectivity index (χ1v) is 8.99. The molecule has 0 aromatic heterocycles. The van der Waals surface area contributed by atoms with Gasteiger partial charge in [0.1, 0.15) is 4.90 Å². The van der Waals surface area contributed by atoms with Crippen LogP contribution in [0.2, 0.25) is 10.0 Å². The fourth-order valence-corrected chi connectivity index (χ4v) is 4.60. The summed E-state index contributed by atoms with van der Waals surface area (Å²) in [5.41, 5.74) is 5.80. The molecule has 1 unspecified atom stereocenters. The molecule has 0 aliphatic carbocycles. The normalized spacial score (nSPS) is 20.6. The summed E-state index contributed by atoms with van der Waals surface area (Å²) in [5, 5.41) is 0.341. The predicted octanol–water partition coefficient (Wildman–Crippen LogP) is 2.34. The number of benzene rings is 1. The highest BCUT2D eigenvalue weighted by molar-refractivity contribution is 7.89. The molecule has 1 saturated heterocycles. The number of sulfonamides is 1. The van der Waals surface area contributed by atoms with Gasteiger partial charge in [-0.25, -0.2) is 13.1 Å². The van der Waals surface area contributed by atoms with Gasteiger partial charge in [-0.15, -0.1) is 0 Å². The molecular formula is C13H19Cl2N3O2S. The van der Waals surface area contributed by atoms with E-state index in [1.54, 1.807) is 0 Å². The average Bonchev–Trinajstić information content (AvgIpc) is 2.36. The molecule has 0 spiro atoms. The molecular weight excluding hydrogens is 333 g/mol. The number of hydrogen-bond acceptors (Lipinski definition) is 4. The van der Waals surface area contributed by atoms with Gasteiger partial charge in [-0.3, -0.25) is 0 Å². The second-order valence-electron chi connectivity index (χ2n) is 5.29. The highest BCUT2D eigenvalue weighted by Crippen LogP contribution is 2.31. The Kier molecular flexibility index (Phi) is 5.38. The van der Waals surface area contributed by atoms with E-state index in [9.17, 15) is 8.42 Å². The fourth-order valence-electron chi connectivity index (χ4n) is 2.54. The monoisotopic (exact) mass is 351 g/mol. The van der Waals surface area contributed by atoms with Crippen LogP contribution in [-0.2, 0) is 10.0 Å². The van der Waals surface area contributed by atoms with Gasteiger partial charge in [-0.05, 0) is 38.6 Å². The van der Waals surface area contributed by atoms with Crippen LogP contribution in [0.1, 0.15) is 19.3 Å². The van der Waals surface area contributed by atoms with Gasteiger partial charge in [-0.1, -0.05) is 29.6 Å². The van der Waals surface area contributed by atoms with Crippen LogP contribution < -0.4 is 10.5 Å². The number of hydrogen-bond donors (Lipinski definition) is 2. The van der Waals surface area contributed by atoms with Crippen molar-refractivity contribution < 1.29 is 8.42 Å². The van der Waals surface area contributed by atoms with Gasteiger partial charge in [-0.2, -0.15) is 0 Å². The smallest absolute Gasteiger partial charge is 0.244 e. The van der Waals surface area contributed by atoms with Crippen molar-refractivity contribution in [3.05, 3.63) is 22.2 Å². The lowest BCUT2D eigenvalue weighted by molar-refractivity contribution is 0.187. The van der Waals surface area contributed by atoms with Crippen molar-refractivity contribution in [2.24, 2.45) is 0 Å². The molecule has 0 amide bonds. The zero-order valence-electron chi connectivity index (χ0n) is 11.8. The summed E-state index contributed by atoms with van der Waals surface area (Å²) in [6.07, 6.45) is 3.24. The van der Waals surface area contributed by atoms with Gasteiger partial charge in [0.05, 0.1) is 10.7 Å². The first kappa shape index (κ1) is 16.8. The van der Waals surface area contributed by atoms with E-state index in [-0.39, 0.29) is 21.6 Å². The van der Waals surface area contributed by atoms with E-state index >= 15 is 0 Å². The number of nitrogens with two attached hydrogens (primary N) is 1. The Hall–Kier alpha value is -0.530. The Morgan fingerprint density at radius 2 is 2.10 bits per heavy atom. The van der Waals surface area contributed by atoms with Crippen LogP contribution in [0.25, 0.3) is 0 Å². The third-order valence-corrected chi connectivity index (χ3v) is 5.90. The lowest BCUT2D eigenvalue weighted by atomic mass is 10.0. The summed E-state index contributed by atoms with van der Waals surface area (Å²) in [5.74, 6) is 0. The lowest BCUT2D eigenvalue weighted by Gasteiger charge is -2.32. The summed E-state index contributed by atoms with van der Waals surface area (Å²) >= 11 is 11.8. The molecule has 118 valence electrons. The molecule has 1 heterocycles. The van der Waals surface area contributed by atoms with E-state index in [1.807, 2.05) is 7.05 Å². The molecule has 1 aliphatic heterocycles. The molecule has 0 bridgehead atoms. The van der Waals surface area contributed by atoms with E-state index in [2.05, 4.69) is 9.62 Å². The van der Waals surface area contributed by atoms with Gasteiger partial charge in [0.25, 0.3) is 0 Å². The van der Waals surface area contributed by atoms with E-state index in [0.717, 1.165) is 25.8 Å². The number of nitrogens with one attached hydrogen (secondary N) is 1. The molecule has 5 nitrogen and oxygen atoms in total. The summed E-state index contributed by atoms with van der Waals surface area (Å²) in [4.78, 5) is 2.06. The maximum atomic E-state index is 12.4. The summed E-state index contributed by atoms with van der Waals surface area (Å²) < 4.78 is 27.4. The quantitative estimate of drug-likeness (QED) is 0.816. The van der Waals surface area contributed by atoms with Crippen molar-refractivity contribution in [3.8, 4) is 0 Å². The van der Waals surface area contributed by atoms with Crippen LogP contribution >= 0.6 is 23.2 Å². The molecule has 1 aromatic carbocycles. The van der Waals surface area contributed by atoms with E-state index < -0.39 is 10.0 Å². The fraction of sp³-hybridized carbons (Fsp3) is 0.538. The Morgan fingerprint density at radius 3 is 2.71 bits per heavy atom. The molecule has 8 heteroatoms. The van der Waals surface area contributed by atoms with Gasteiger partial charge in [0.2, 0.25) is 10.0 Å². The van der Waals surface area contributed by atoms with Crippen molar-refractivity contribution in [2.45, 2.75) is 30.2 Å². The van der Waals surface area contributed by atoms with Gasteiger partial charge < -0.3 is 10.6 Å². The standard InChI is InChI=1S/C13H19Cl2N3O2S/c1-18-5-3-2-4-10(18)8-17-21(19,20)13-11(15)6-9(14)7-12(13)16/h6-7,10,17H,2-5,8,16H2,1H3. The number of halogens is 2.